The maximum Gasteiger partial charge on any atom is 0.451 e. The molecule has 4 aliphatic heterocycles. The van der Waals surface area contributed by atoms with E-state index in [0.717, 1.165) is 12.9 Å². The van der Waals surface area contributed by atoms with Crippen LogP contribution in [0.3, 0.4) is 0 Å². The highest BCUT2D eigenvalue weighted by Crippen LogP contribution is 2.64. The number of halogens is 6. The first-order chi connectivity index (χ1) is 46.5. The predicted molar refractivity (Wildman–Crippen MR) is 328 cm³/mol. The van der Waals surface area contributed by atoms with Crippen LogP contribution in [0.25, 0.3) is 0 Å². The summed E-state index contributed by atoms with van der Waals surface area (Å²) in [5.41, 5.74) is 39.1. The van der Waals surface area contributed by atoms with E-state index >= 15 is 0 Å². The summed E-state index contributed by atoms with van der Waals surface area (Å²) < 4.78 is 216. The fourth-order valence-corrected chi connectivity index (χ4v) is 15.0. The molecule has 568 valence electrons. The van der Waals surface area contributed by atoms with E-state index in [9.17, 15) is 60.0 Å². The zero-order chi connectivity index (χ0) is 80.1. The van der Waals surface area contributed by atoms with Gasteiger partial charge >= 0.3 is 64.9 Å². The summed E-state index contributed by atoms with van der Waals surface area (Å²) in [4.78, 5) is 65.0. The Labute approximate surface area is 569 Å². The summed E-state index contributed by atoms with van der Waals surface area (Å²) in [6.07, 6.45) is 5.36. The summed E-state index contributed by atoms with van der Waals surface area (Å²) in [6, 6.07) is -1.60. The number of alkyl halides is 6. The van der Waals surface area contributed by atoms with E-state index in [4.69, 9.17) is 130 Å². The van der Waals surface area contributed by atoms with E-state index in [1.165, 1.54) is 4.31 Å². The van der Waals surface area contributed by atoms with Crippen molar-refractivity contribution < 1.29 is 144 Å². The lowest BCUT2D eigenvalue weighted by Gasteiger charge is -2.19. The molecule has 1 unspecified atom stereocenters. The van der Waals surface area contributed by atoms with Gasteiger partial charge in [0.25, 0.3) is 46.8 Å². The van der Waals surface area contributed by atoms with Gasteiger partial charge in [-0.15, -0.1) is 0 Å². The second-order valence-corrected chi connectivity index (χ2v) is 29.7. The van der Waals surface area contributed by atoms with E-state index in [1.54, 1.807) is 4.72 Å². The molecule has 9 atom stereocenters. The summed E-state index contributed by atoms with van der Waals surface area (Å²) >= 11 is 0. The molecule has 98 heavy (non-hydrogen) atoms. The van der Waals surface area contributed by atoms with Gasteiger partial charge in [-0.1, -0.05) is 25.7 Å². The highest BCUT2D eigenvalue weighted by atomic mass is 32.2. The zero-order valence-electron chi connectivity index (χ0n) is 56.5. The van der Waals surface area contributed by atoms with Crippen molar-refractivity contribution in [3.8, 4) is 0 Å². The fourth-order valence-electron chi connectivity index (χ4n) is 9.96. The van der Waals surface area contributed by atoms with Gasteiger partial charge in [0.2, 0.25) is 0 Å². The average molecular weight is 1520 g/mol. The molecule has 0 bridgehead atoms. The van der Waals surface area contributed by atoms with Crippen LogP contribution in [0.1, 0.15) is 63.3 Å². The van der Waals surface area contributed by atoms with E-state index in [1.807, 2.05) is 4.72 Å². The molecule has 0 radical (unpaired) electrons. The molecule has 40 nitrogen and oxygen atoms in total. The molecule has 0 aromatic heterocycles. The Bertz CT molecular complexity index is 3100. The molecule has 2 aliphatic carbocycles. The van der Waals surface area contributed by atoms with Crippen molar-refractivity contribution in [1.29, 1.82) is 0 Å². The van der Waals surface area contributed by atoms with Gasteiger partial charge in [-0.2, -0.15) is 112 Å². The van der Waals surface area contributed by atoms with Crippen molar-refractivity contribution in [2.24, 2.45) is 69.5 Å². The van der Waals surface area contributed by atoms with Crippen molar-refractivity contribution in [3.63, 3.8) is 0 Å². The molecule has 54 heteroatoms. The molecule has 2 saturated carbocycles. The topological polar surface area (TPSA) is 704 Å². The Morgan fingerprint density at radius 1 is 0.439 bits per heavy atom. The van der Waals surface area contributed by atoms with Crippen LogP contribution >= 0.6 is 0 Å². The standard InChI is InChI=1S/C11H21BF4N4O4S.C11H23BF2N4O4S.2C9H23BN4O4S.4CO2/c13-10(14)9(18,11(10,15)16)6-19-25(23,24)20-4-7(8(17)5-20)2-1-3-12(21)22;13-11(14)6-10(11,16)7-17-23(21,22)18-4-8(9(15)5-18)2-1-3-12(19)20;2*11-4-5-13-19(17,18)14-6-8(9(12)7-14)2-1-3-10(15)16;4*2-1-3/h7-8,19,21-22H,1-6,17-18H2;8-9,17,19-20H,1-7,15-16H2;2*8-9,13,15-16H,1-7,11-12H2;;;;/t7-,8-;8-,9-,10?;2*8-,9-;;;;/m0000..../s1/i;;5D2;4D2;;;;. The Balaban J connectivity index is 0. The normalized spacial score (nSPS) is 26.6. The predicted octanol–water partition coefficient (Wildman–Crippen LogP) is -11.4. The minimum atomic E-state index is -4.47. The van der Waals surface area contributed by atoms with Gasteiger partial charge in [0.05, 0.1) is 5.54 Å². The molecule has 0 amide bonds. The van der Waals surface area contributed by atoms with Gasteiger partial charge < -0.3 is 86.1 Å². The number of hydrogen-bond donors (Lipinski definition) is 20. The maximum atomic E-state index is 13.1. The largest absolute Gasteiger partial charge is 0.451 e. The second-order valence-electron chi connectivity index (χ2n) is 22.8. The quantitative estimate of drug-likeness (QED) is 0.0220. The molecular formula is C44H90B4F6N16O24S4. The molecule has 6 rings (SSSR count). The zero-order valence-corrected chi connectivity index (χ0v) is 55.8. The number of nitrogens with two attached hydrogens (primary N) is 8. The van der Waals surface area contributed by atoms with Crippen LogP contribution in [0, 0.1) is 23.7 Å². The lowest BCUT2D eigenvalue weighted by molar-refractivity contribution is -0.193. The summed E-state index contributed by atoms with van der Waals surface area (Å²) in [5.74, 6) is -12.5. The van der Waals surface area contributed by atoms with Gasteiger partial charge in [0.1, 0.15) is 0 Å². The number of nitrogens with zero attached hydrogens (tertiary/aromatic N) is 4. The van der Waals surface area contributed by atoms with Crippen LogP contribution in [0.4, 0.5) is 26.3 Å². The Kier molecular flexibility index (Phi) is 40.3. The first-order valence-electron chi connectivity index (χ1n) is 31.1. The molecule has 0 spiro atoms. The third-order valence-corrected chi connectivity index (χ3v) is 21.5. The van der Waals surface area contributed by atoms with E-state index in [0.29, 0.717) is 51.4 Å². The SMILES string of the molecule is N[C@H]1CN(S(=O)(=O)NCC2(N)C(F)(F)C2(F)F)C[C@@H]1CCCB(O)O.N[C@H]1CN(S(=O)(=O)NCC2(N)CC2(F)F)C[C@@H]1CCCB(O)O.O=C=O.O=C=O.O=C=O.O=C=O.[2H]C([2H])(CN)NS(=O)(=O)N1C[C@H](CCCB(O)O)[C@@H](N)C1.[2H]C([2H])(N)CNS(=O)(=O)N1C[C@H](CCCB(O)O)[C@@H](N)C1. The average Bonchev–Trinajstić information content (AvgIpc) is 1.50. The Hall–Kier alpha value is -3.80. The molecule has 4 heterocycles. The number of rotatable bonds is 32. The van der Waals surface area contributed by atoms with Crippen LogP contribution in [0.15, 0.2) is 0 Å². The van der Waals surface area contributed by atoms with Crippen LogP contribution in [0.5, 0.6) is 0 Å². The van der Waals surface area contributed by atoms with Crippen molar-refractivity contribution in [1.82, 2.24) is 36.1 Å². The van der Waals surface area contributed by atoms with Gasteiger partial charge in [0, 0.05) is 128 Å². The minimum Gasteiger partial charge on any atom is -0.427 e. The highest BCUT2D eigenvalue weighted by Gasteiger charge is 2.95. The molecule has 0 aromatic carbocycles. The Morgan fingerprint density at radius 3 is 0.888 bits per heavy atom. The summed E-state index contributed by atoms with van der Waals surface area (Å²) in [5, 5.41) is 70.3. The van der Waals surface area contributed by atoms with Gasteiger partial charge in [-0.05, 0) is 74.6 Å². The third-order valence-electron chi connectivity index (χ3n) is 15.7. The number of nitrogens with one attached hydrogen (secondary N) is 4. The monoisotopic (exact) mass is 1520 g/mol. The second kappa shape index (κ2) is 44.7. The van der Waals surface area contributed by atoms with Crippen LogP contribution in [-0.4, -0.2) is 289 Å². The number of carbonyl (C=O) groups excluding carboxylic acids is 8. The fraction of sp³-hybridized carbons (Fsp3) is 0.909. The van der Waals surface area contributed by atoms with Crippen molar-refractivity contribution >= 4 is 93.9 Å². The molecule has 6 fully saturated rings. The lowest BCUT2D eigenvalue weighted by Crippen LogP contribution is -2.49. The van der Waals surface area contributed by atoms with Gasteiger partial charge in [0.15, 0.2) is 5.54 Å². The smallest absolute Gasteiger partial charge is 0.427 e. The van der Waals surface area contributed by atoms with Crippen molar-refractivity contribution in [2.75, 3.05) is 91.5 Å². The Morgan fingerprint density at radius 2 is 0.673 bits per heavy atom. The van der Waals surface area contributed by atoms with E-state index in [2.05, 4.69) is 9.44 Å². The minimum absolute atomic E-state index is 0.0254. The van der Waals surface area contributed by atoms with Gasteiger partial charge in [-0.25, -0.2) is 22.9 Å². The highest BCUT2D eigenvalue weighted by molar-refractivity contribution is 7.88. The summed E-state index contributed by atoms with van der Waals surface area (Å²) in [7, 11) is -21.6. The van der Waals surface area contributed by atoms with Crippen LogP contribution in [-0.2, 0) is 79.2 Å². The first kappa shape index (κ1) is 88.4. The summed E-state index contributed by atoms with van der Waals surface area (Å²) in [6.45, 7) is -6.34. The molecular weight excluding hydrogens is 1420 g/mol. The third kappa shape index (κ3) is 32.3. The number of hydrogen-bond acceptors (Lipinski definition) is 32. The molecule has 0 aromatic rings. The van der Waals surface area contributed by atoms with E-state index in [-0.39, 0.29) is 144 Å². The molecule has 6 aliphatic rings. The maximum absolute atomic E-state index is 13.1. The van der Waals surface area contributed by atoms with Crippen molar-refractivity contribution in [2.45, 2.75) is 136 Å². The van der Waals surface area contributed by atoms with Crippen molar-refractivity contribution in [3.05, 3.63) is 0 Å². The molecule has 4 saturated heterocycles. The lowest BCUT2D eigenvalue weighted by atomic mass is 9.82. The van der Waals surface area contributed by atoms with E-state index < -0.39 is 150 Å². The first-order valence-corrected chi connectivity index (χ1v) is 34.9. The van der Waals surface area contributed by atoms with Gasteiger partial charge in [-0.3, -0.25) is 0 Å². The van der Waals surface area contributed by atoms with Crippen LogP contribution < -0.4 is 64.8 Å². The van der Waals surface area contributed by atoms with Crippen LogP contribution in [0.2, 0.25) is 25.3 Å². The molecule has 28 N–H and O–H groups in total.